The van der Waals surface area contributed by atoms with Crippen LogP contribution in [0, 0.1) is 0 Å². The monoisotopic (exact) mass is 264 g/mol. The van der Waals surface area contributed by atoms with Gasteiger partial charge in [-0.1, -0.05) is 17.7 Å². The molecule has 0 atom stereocenters. The minimum atomic E-state index is -0.305. The lowest BCUT2D eigenvalue weighted by molar-refractivity contribution is 0.0995. The number of furan rings is 1. The molecule has 1 heterocycles. The third kappa shape index (κ3) is 3.12. The van der Waals surface area contributed by atoms with Crippen LogP contribution in [0.4, 0.5) is 5.69 Å². The Hall–Kier alpha value is -1.78. The van der Waals surface area contributed by atoms with E-state index in [-0.39, 0.29) is 11.7 Å². The predicted molar refractivity (Wildman–Crippen MR) is 70.9 cm³/mol. The van der Waals surface area contributed by atoms with Gasteiger partial charge in [-0.15, -0.1) is 0 Å². The summed E-state index contributed by atoms with van der Waals surface area (Å²) in [6, 6.07) is 10.3. The van der Waals surface area contributed by atoms with Crippen LogP contribution in [0.5, 0.6) is 0 Å². The van der Waals surface area contributed by atoms with Crippen LogP contribution in [0.1, 0.15) is 16.3 Å². The van der Waals surface area contributed by atoms with Crippen molar-refractivity contribution in [2.24, 2.45) is 5.73 Å². The highest BCUT2D eigenvalue weighted by atomic mass is 35.5. The van der Waals surface area contributed by atoms with Crippen molar-refractivity contribution in [2.75, 3.05) is 11.9 Å². The lowest BCUT2D eigenvalue weighted by Crippen LogP contribution is -2.10. The Bertz CT molecular complexity index is 551. The molecule has 18 heavy (non-hydrogen) atoms. The van der Waals surface area contributed by atoms with E-state index in [1.165, 1.54) is 0 Å². The lowest BCUT2D eigenvalue weighted by atomic mass is 10.3. The van der Waals surface area contributed by atoms with E-state index in [1.54, 1.807) is 36.4 Å². The lowest BCUT2D eigenvalue weighted by Gasteiger charge is -2.03. The molecule has 1 amide bonds. The molecular weight excluding hydrogens is 252 g/mol. The molecule has 1 aromatic heterocycles. The molecule has 5 heteroatoms. The third-order valence-corrected chi connectivity index (χ3v) is 2.59. The number of halogens is 1. The molecule has 0 spiro atoms. The quantitative estimate of drug-likeness (QED) is 0.892. The second kappa shape index (κ2) is 5.71. The number of anilines is 1. The van der Waals surface area contributed by atoms with Crippen LogP contribution in [0.3, 0.4) is 0 Å². The number of amides is 1. The molecule has 0 unspecified atom stereocenters. The second-order valence-corrected chi connectivity index (χ2v) is 4.21. The Morgan fingerprint density at radius 1 is 1.33 bits per heavy atom. The normalized spacial score (nSPS) is 10.3. The van der Waals surface area contributed by atoms with Crippen LogP contribution in [0.25, 0.3) is 0 Å². The molecule has 4 nitrogen and oxygen atoms in total. The van der Waals surface area contributed by atoms with Gasteiger partial charge >= 0.3 is 0 Å². The fraction of sp³-hybridized carbons (Fsp3) is 0.154. The fourth-order valence-corrected chi connectivity index (χ4v) is 1.73. The minimum absolute atomic E-state index is 0.262. The molecule has 0 aliphatic rings. The first-order valence-corrected chi connectivity index (χ1v) is 5.92. The van der Waals surface area contributed by atoms with E-state index < -0.39 is 0 Å². The molecule has 3 N–H and O–H groups in total. The maximum atomic E-state index is 11.9. The molecule has 2 aromatic rings. The molecule has 0 fully saturated rings. The Morgan fingerprint density at radius 2 is 2.17 bits per heavy atom. The average molecular weight is 265 g/mol. The Balaban J connectivity index is 2.07. The molecule has 0 aliphatic carbocycles. The van der Waals surface area contributed by atoms with Crippen LogP contribution in [0.2, 0.25) is 5.02 Å². The van der Waals surface area contributed by atoms with Crippen molar-refractivity contribution in [3.8, 4) is 0 Å². The van der Waals surface area contributed by atoms with Crippen molar-refractivity contribution >= 4 is 23.2 Å². The number of hydrogen-bond acceptors (Lipinski definition) is 3. The molecule has 0 aliphatic heterocycles. The van der Waals surface area contributed by atoms with Crippen LogP contribution in [-0.4, -0.2) is 12.5 Å². The number of nitrogens with two attached hydrogens (primary N) is 1. The van der Waals surface area contributed by atoms with Crippen LogP contribution >= 0.6 is 11.6 Å². The molecule has 0 saturated heterocycles. The number of hydrogen-bond donors (Lipinski definition) is 2. The van der Waals surface area contributed by atoms with E-state index in [2.05, 4.69) is 5.32 Å². The van der Waals surface area contributed by atoms with Gasteiger partial charge in [0, 0.05) is 17.1 Å². The summed E-state index contributed by atoms with van der Waals surface area (Å²) in [6.45, 7) is 0.489. The number of benzene rings is 1. The summed E-state index contributed by atoms with van der Waals surface area (Å²) in [4.78, 5) is 11.9. The Morgan fingerprint density at radius 3 is 2.89 bits per heavy atom. The summed E-state index contributed by atoms with van der Waals surface area (Å²) in [5.74, 6) is 0.660. The first kappa shape index (κ1) is 12.7. The average Bonchev–Trinajstić information content (AvgIpc) is 2.78. The predicted octanol–water partition coefficient (Wildman–Crippen LogP) is 2.69. The molecule has 2 rings (SSSR count). The SMILES string of the molecule is NCCc1ccc(C(=O)Nc2cccc(Cl)c2)o1. The maximum Gasteiger partial charge on any atom is 0.291 e. The second-order valence-electron chi connectivity index (χ2n) is 3.77. The Kier molecular flexibility index (Phi) is 4.02. The highest BCUT2D eigenvalue weighted by Crippen LogP contribution is 2.16. The fourth-order valence-electron chi connectivity index (χ4n) is 1.54. The van der Waals surface area contributed by atoms with Crippen molar-refractivity contribution in [3.05, 3.63) is 52.9 Å². The maximum absolute atomic E-state index is 11.9. The van der Waals surface area contributed by atoms with Crippen molar-refractivity contribution < 1.29 is 9.21 Å². The number of nitrogens with one attached hydrogen (secondary N) is 1. The van der Waals surface area contributed by atoms with Gasteiger partial charge in [-0.2, -0.15) is 0 Å². The zero-order chi connectivity index (χ0) is 13.0. The summed E-state index contributed by atoms with van der Waals surface area (Å²) in [5, 5.41) is 3.27. The van der Waals surface area contributed by atoms with Gasteiger partial charge in [-0.3, -0.25) is 4.79 Å². The van der Waals surface area contributed by atoms with Crippen molar-refractivity contribution in [2.45, 2.75) is 6.42 Å². The molecule has 0 saturated carbocycles. The first-order valence-electron chi connectivity index (χ1n) is 5.55. The number of carbonyl (C=O) groups is 1. The van der Waals surface area contributed by atoms with Crippen LogP contribution in [-0.2, 0) is 6.42 Å². The van der Waals surface area contributed by atoms with E-state index in [0.717, 1.165) is 0 Å². The zero-order valence-corrected chi connectivity index (χ0v) is 10.4. The van der Waals surface area contributed by atoms with Gasteiger partial charge in [-0.25, -0.2) is 0 Å². The first-order chi connectivity index (χ1) is 8.69. The highest BCUT2D eigenvalue weighted by Gasteiger charge is 2.11. The van der Waals surface area contributed by atoms with Crippen molar-refractivity contribution in [1.82, 2.24) is 0 Å². The van der Waals surface area contributed by atoms with Gasteiger partial charge < -0.3 is 15.5 Å². The topological polar surface area (TPSA) is 68.3 Å². The molecule has 1 aromatic carbocycles. The number of rotatable bonds is 4. The van der Waals surface area contributed by atoms with E-state index in [4.69, 9.17) is 21.8 Å². The van der Waals surface area contributed by atoms with Gasteiger partial charge in [0.2, 0.25) is 0 Å². The summed E-state index contributed by atoms with van der Waals surface area (Å²) >= 11 is 5.83. The summed E-state index contributed by atoms with van der Waals surface area (Å²) in [7, 11) is 0. The van der Waals surface area contributed by atoms with Gasteiger partial charge in [-0.05, 0) is 36.9 Å². The van der Waals surface area contributed by atoms with Crippen LogP contribution < -0.4 is 11.1 Å². The van der Waals surface area contributed by atoms with Crippen molar-refractivity contribution in [3.63, 3.8) is 0 Å². The van der Waals surface area contributed by atoms with E-state index >= 15 is 0 Å². The van der Waals surface area contributed by atoms with Crippen LogP contribution in [0.15, 0.2) is 40.8 Å². The standard InChI is InChI=1S/C13H13ClN2O2/c14-9-2-1-3-10(8-9)16-13(17)12-5-4-11(18-12)6-7-15/h1-5,8H,6-7,15H2,(H,16,17). The summed E-state index contributed by atoms with van der Waals surface area (Å²) < 4.78 is 5.36. The third-order valence-electron chi connectivity index (χ3n) is 2.36. The Labute approximate surface area is 110 Å². The van der Waals surface area contributed by atoms with Gasteiger partial charge in [0.15, 0.2) is 5.76 Å². The smallest absolute Gasteiger partial charge is 0.291 e. The molecular formula is C13H13ClN2O2. The highest BCUT2D eigenvalue weighted by molar-refractivity contribution is 6.30. The van der Waals surface area contributed by atoms with E-state index in [1.807, 2.05) is 0 Å². The van der Waals surface area contributed by atoms with Gasteiger partial charge in [0.25, 0.3) is 5.91 Å². The van der Waals surface area contributed by atoms with E-state index in [9.17, 15) is 4.79 Å². The molecule has 94 valence electrons. The number of carbonyl (C=O) groups excluding carboxylic acids is 1. The summed E-state index contributed by atoms with van der Waals surface area (Å²) in [5.41, 5.74) is 6.04. The van der Waals surface area contributed by atoms with Crippen molar-refractivity contribution in [1.29, 1.82) is 0 Å². The minimum Gasteiger partial charge on any atom is -0.456 e. The van der Waals surface area contributed by atoms with Gasteiger partial charge in [0.05, 0.1) is 0 Å². The van der Waals surface area contributed by atoms with Gasteiger partial charge in [0.1, 0.15) is 5.76 Å². The molecule has 0 radical (unpaired) electrons. The molecule has 0 bridgehead atoms. The van der Waals surface area contributed by atoms with E-state index in [0.29, 0.717) is 29.4 Å². The summed E-state index contributed by atoms with van der Waals surface area (Å²) in [6.07, 6.45) is 0.616. The largest absolute Gasteiger partial charge is 0.456 e. The zero-order valence-electron chi connectivity index (χ0n) is 9.65.